The molecule has 5 aromatic rings. The molecule has 10 nitrogen and oxygen atoms in total. The molecule has 14 heteroatoms. The normalized spacial score (nSPS) is 14.8. The first-order chi connectivity index (χ1) is 23.4. The number of nitrogens with zero attached hydrogens (tertiary/aromatic N) is 2. The molecule has 2 heterocycles. The number of thioether (sulfide) groups is 1. The first-order valence-corrected chi connectivity index (χ1v) is 20.5. The molecular formula is C35H35N2O8S4-. The Bertz CT molecular complexity index is 2350. The van der Waals surface area contributed by atoms with Crippen LogP contribution in [0.25, 0.3) is 37.8 Å². The smallest absolute Gasteiger partial charge is 0.263 e. The third-order valence-electron chi connectivity index (χ3n) is 8.41. The Morgan fingerprint density at radius 1 is 0.857 bits per heavy atom. The van der Waals surface area contributed by atoms with Gasteiger partial charge in [0.05, 0.1) is 50.6 Å². The van der Waals surface area contributed by atoms with Gasteiger partial charge in [0, 0.05) is 57.7 Å². The highest BCUT2D eigenvalue weighted by Crippen LogP contribution is 2.52. The number of aromatic nitrogens is 1. The molecule has 0 unspecified atom stereocenters. The van der Waals surface area contributed by atoms with Gasteiger partial charge in [-0.15, -0.1) is 0 Å². The van der Waals surface area contributed by atoms with Gasteiger partial charge in [0.15, 0.2) is 6.54 Å². The summed E-state index contributed by atoms with van der Waals surface area (Å²) < 4.78 is 83.7. The van der Waals surface area contributed by atoms with E-state index in [1.54, 1.807) is 37.3 Å². The van der Waals surface area contributed by atoms with Gasteiger partial charge >= 0.3 is 0 Å². The minimum absolute atomic E-state index is 0.155. The standard InChI is InChI=1S/C35H36N2O8S4/c1-4-23(19-32-36(15-9-17-48(38,39)40)34-26-13-7-5-11-24(26)28(44-2)21-30(34)46-32)20-33-37(16-10-18-49(41,42)43)35-27-14-8-6-12-25(27)29(45-3)22-31(35)47-33/h5-8,11-14,19-22H,4,9-10,15-18H2,1-3H3,(H-,38,39,40,41,42,43)/p-1. The number of fused-ring (bicyclic) bond motifs is 6. The summed E-state index contributed by atoms with van der Waals surface area (Å²) in [5.41, 5.74) is 2.84. The van der Waals surface area contributed by atoms with E-state index in [0.717, 1.165) is 69.5 Å². The molecule has 1 aromatic heterocycles. The average molecular weight is 740 g/mol. The van der Waals surface area contributed by atoms with Gasteiger partial charge in [-0.05, 0) is 36.6 Å². The van der Waals surface area contributed by atoms with Crippen LogP contribution in [0, 0.1) is 0 Å². The van der Waals surface area contributed by atoms with Crippen molar-refractivity contribution in [2.75, 3.05) is 37.2 Å². The van der Waals surface area contributed by atoms with Crippen molar-refractivity contribution in [1.29, 1.82) is 0 Å². The van der Waals surface area contributed by atoms with Crippen molar-refractivity contribution in [1.82, 2.24) is 0 Å². The minimum Gasteiger partial charge on any atom is -0.748 e. The number of hydrogen-bond acceptors (Lipinski definition) is 11. The third-order valence-corrected chi connectivity index (χ3v) is 12.1. The Morgan fingerprint density at radius 3 is 2.08 bits per heavy atom. The van der Waals surface area contributed by atoms with Crippen molar-refractivity contribution >= 4 is 86.9 Å². The topological polar surface area (TPSA) is 140 Å². The van der Waals surface area contributed by atoms with Crippen LogP contribution in [0.2, 0.25) is 0 Å². The van der Waals surface area contributed by atoms with Crippen molar-refractivity contribution < 1.29 is 40.0 Å². The van der Waals surface area contributed by atoms with Gasteiger partial charge in [-0.1, -0.05) is 72.5 Å². The lowest BCUT2D eigenvalue weighted by molar-refractivity contribution is -0.667. The molecule has 0 radical (unpaired) electrons. The molecule has 6 rings (SSSR count). The second-order valence-electron chi connectivity index (χ2n) is 11.6. The molecule has 0 saturated heterocycles. The molecule has 0 aliphatic carbocycles. The van der Waals surface area contributed by atoms with Gasteiger partial charge in [-0.3, -0.25) is 0 Å². The van der Waals surface area contributed by atoms with Crippen molar-refractivity contribution in [3.63, 3.8) is 0 Å². The van der Waals surface area contributed by atoms with Gasteiger partial charge in [-0.2, -0.15) is 4.57 Å². The monoisotopic (exact) mass is 739 g/mol. The first kappa shape index (κ1) is 35.2. The predicted octanol–water partition coefficient (Wildman–Crippen LogP) is 6.63. The van der Waals surface area contributed by atoms with Crippen LogP contribution in [0.15, 0.2) is 82.2 Å². The zero-order valence-corrected chi connectivity index (χ0v) is 30.4. The second kappa shape index (κ2) is 14.3. The molecule has 1 aliphatic rings. The van der Waals surface area contributed by atoms with Crippen LogP contribution < -0.4 is 18.9 Å². The SMILES string of the molecule is CCC(/C=C1\Sc2cc(OC)c3ccccc3c2N1CCCS(=O)(=O)[O-])=C\c1sc2cc(OC)c3ccccc3c2[n+]1CCCS(=O)(=O)[O-]. The summed E-state index contributed by atoms with van der Waals surface area (Å²) in [7, 11) is -5.52. The summed E-state index contributed by atoms with van der Waals surface area (Å²) in [6.45, 7) is 2.68. The van der Waals surface area contributed by atoms with Crippen LogP contribution in [0.5, 0.6) is 11.5 Å². The van der Waals surface area contributed by atoms with Crippen LogP contribution in [-0.4, -0.2) is 58.2 Å². The van der Waals surface area contributed by atoms with E-state index < -0.39 is 31.7 Å². The van der Waals surface area contributed by atoms with Gasteiger partial charge in [0.2, 0.25) is 5.52 Å². The van der Waals surface area contributed by atoms with E-state index in [0.29, 0.717) is 19.5 Å². The summed E-state index contributed by atoms with van der Waals surface area (Å²) in [6.07, 6.45) is 5.12. The molecule has 0 atom stereocenters. The maximum Gasteiger partial charge on any atom is 0.263 e. The fourth-order valence-electron chi connectivity index (χ4n) is 6.23. The maximum atomic E-state index is 11.5. The van der Waals surface area contributed by atoms with E-state index in [1.165, 1.54) is 0 Å². The average Bonchev–Trinajstić information content (AvgIpc) is 3.59. The lowest BCUT2D eigenvalue weighted by Gasteiger charge is -2.23. The number of rotatable bonds is 13. The van der Waals surface area contributed by atoms with E-state index in [-0.39, 0.29) is 12.8 Å². The maximum absolute atomic E-state index is 11.5. The van der Waals surface area contributed by atoms with Crippen LogP contribution in [0.3, 0.4) is 0 Å². The number of benzene rings is 4. The largest absolute Gasteiger partial charge is 0.748 e. The van der Waals surface area contributed by atoms with Crippen molar-refractivity contribution in [2.24, 2.45) is 0 Å². The van der Waals surface area contributed by atoms with E-state index in [9.17, 15) is 25.9 Å². The number of ether oxygens (including phenoxy) is 2. The van der Waals surface area contributed by atoms with E-state index in [2.05, 4.69) is 21.6 Å². The van der Waals surface area contributed by atoms with Crippen LogP contribution >= 0.6 is 23.1 Å². The highest BCUT2D eigenvalue weighted by atomic mass is 32.2. The molecule has 0 N–H and O–H groups in total. The highest BCUT2D eigenvalue weighted by molar-refractivity contribution is 8.03. The molecule has 1 aliphatic heterocycles. The Kier molecular flexibility index (Phi) is 10.3. The lowest BCUT2D eigenvalue weighted by Crippen LogP contribution is -2.36. The molecule has 0 amide bonds. The van der Waals surface area contributed by atoms with Gasteiger partial charge in [0.1, 0.15) is 16.2 Å². The molecule has 258 valence electrons. The number of allylic oxidation sites excluding steroid dienone is 2. The molecule has 0 spiro atoms. The van der Waals surface area contributed by atoms with Gasteiger partial charge in [-0.25, -0.2) is 16.8 Å². The zero-order valence-electron chi connectivity index (χ0n) is 27.2. The fourth-order valence-corrected chi connectivity index (χ4v) is 9.62. The second-order valence-corrected chi connectivity index (χ2v) is 16.7. The summed E-state index contributed by atoms with van der Waals surface area (Å²) in [5.74, 6) is 0.509. The lowest BCUT2D eigenvalue weighted by atomic mass is 10.1. The number of anilines is 1. The van der Waals surface area contributed by atoms with E-state index in [4.69, 9.17) is 9.47 Å². The summed E-state index contributed by atoms with van der Waals surface area (Å²) >= 11 is 3.10. The summed E-state index contributed by atoms with van der Waals surface area (Å²) in [4.78, 5) is 3.03. The Hall–Kier alpha value is -3.66. The fraction of sp³-hybridized carbons (Fsp3) is 0.286. The molecule has 0 saturated carbocycles. The zero-order chi connectivity index (χ0) is 34.9. The van der Waals surface area contributed by atoms with Gasteiger partial charge < -0.3 is 23.5 Å². The molecule has 49 heavy (non-hydrogen) atoms. The first-order valence-electron chi connectivity index (χ1n) is 15.7. The quantitative estimate of drug-likeness (QED) is 0.0955. The number of hydrogen-bond donors (Lipinski definition) is 0. The van der Waals surface area contributed by atoms with Crippen molar-refractivity contribution in [3.8, 4) is 11.5 Å². The van der Waals surface area contributed by atoms with Crippen LogP contribution in [0.1, 0.15) is 31.2 Å². The number of aryl methyl sites for hydroxylation is 1. The molecule has 0 bridgehead atoms. The Morgan fingerprint density at radius 2 is 1.45 bits per heavy atom. The Labute approximate surface area is 294 Å². The van der Waals surface area contributed by atoms with Crippen LogP contribution in [0.4, 0.5) is 5.69 Å². The summed E-state index contributed by atoms with van der Waals surface area (Å²) in [6, 6.07) is 19.7. The van der Waals surface area contributed by atoms with E-state index in [1.807, 2.05) is 67.6 Å². The van der Waals surface area contributed by atoms with Crippen molar-refractivity contribution in [3.05, 3.63) is 82.3 Å². The third kappa shape index (κ3) is 7.59. The number of methoxy groups -OCH3 is 2. The van der Waals surface area contributed by atoms with Crippen molar-refractivity contribution in [2.45, 2.75) is 37.6 Å². The highest BCUT2D eigenvalue weighted by Gasteiger charge is 2.30. The molecular weight excluding hydrogens is 705 g/mol. The predicted molar refractivity (Wildman–Crippen MR) is 194 cm³/mol. The molecule has 4 aromatic carbocycles. The van der Waals surface area contributed by atoms with E-state index >= 15 is 0 Å². The van der Waals surface area contributed by atoms with Crippen LogP contribution in [-0.2, 0) is 26.8 Å². The summed E-state index contributed by atoms with van der Waals surface area (Å²) in [5, 5.41) is 5.51. The Balaban J connectivity index is 1.49. The minimum atomic E-state index is -4.39. The van der Waals surface area contributed by atoms with Gasteiger partial charge in [0.25, 0.3) is 5.01 Å². The molecule has 0 fully saturated rings. The number of thiazole rings is 1.